The number of aliphatic hydroxyl groups is 1. The third-order valence-electron chi connectivity index (χ3n) is 2.66. The zero-order chi connectivity index (χ0) is 16.0. The molecule has 1 rings (SSSR count). The number of nitrogens with zero attached hydrogens (tertiary/aromatic N) is 1. The molecule has 0 fully saturated rings. The average Bonchev–Trinajstić information content (AvgIpc) is 2.42. The van der Waals surface area contributed by atoms with Gasteiger partial charge in [-0.3, -0.25) is 10.1 Å². The minimum atomic E-state index is -1.46. The van der Waals surface area contributed by atoms with E-state index >= 15 is 0 Å². The molecule has 9 nitrogen and oxygen atoms in total. The van der Waals surface area contributed by atoms with Crippen LogP contribution >= 0.6 is 0 Å². The second-order valence-electron chi connectivity index (χ2n) is 4.27. The number of carboxylic acids is 1. The van der Waals surface area contributed by atoms with E-state index in [-0.39, 0.29) is 17.8 Å². The van der Waals surface area contributed by atoms with E-state index in [2.05, 4.69) is 10.6 Å². The van der Waals surface area contributed by atoms with Crippen LogP contribution in [0.2, 0.25) is 0 Å². The minimum Gasteiger partial charge on any atom is -0.480 e. The van der Waals surface area contributed by atoms with E-state index in [1.807, 2.05) is 0 Å². The third kappa shape index (κ3) is 4.73. The van der Waals surface area contributed by atoms with Crippen LogP contribution in [0, 0.1) is 10.1 Å². The van der Waals surface area contributed by atoms with Crippen LogP contribution in [0.4, 0.5) is 10.5 Å². The molecular formula is C12H15N3O6. The lowest BCUT2D eigenvalue weighted by Crippen LogP contribution is -2.51. The maximum absolute atomic E-state index is 11.6. The van der Waals surface area contributed by atoms with Crippen molar-refractivity contribution in [3.8, 4) is 0 Å². The summed E-state index contributed by atoms with van der Waals surface area (Å²) in [6.07, 6.45) is -1.28. The summed E-state index contributed by atoms with van der Waals surface area (Å²) in [6, 6.07) is 3.54. The van der Waals surface area contributed by atoms with Gasteiger partial charge in [0.05, 0.1) is 17.6 Å². The van der Waals surface area contributed by atoms with E-state index in [1.165, 1.54) is 25.1 Å². The lowest BCUT2D eigenvalue weighted by Gasteiger charge is -2.17. The summed E-state index contributed by atoms with van der Waals surface area (Å²) in [5.74, 6) is -1.38. The third-order valence-corrected chi connectivity index (χ3v) is 2.66. The van der Waals surface area contributed by atoms with Crippen molar-refractivity contribution in [1.29, 1.82) is 0 Å². The maximum Gasteiger partial charge on any atom is 0.328 e. The molecule has 0 bridgehead atoms. The summed E-state index contributed by atoms with van der Waals surface area (Å²) < 4.78 is 0. The molecule has 0 saturated heterocycles. The second kappa shape index (κ2) is 7.20. The fourth-order valence-electron chi connectivity index (χ4n) is 1.59. The monoisotopic (exact) mass is 297 g/mol. The van der Waals surface area contributed by atoms with Gasteiger partial charge in [0.25, 0.3) is 5.69 Å². The van der Waals surface area contributed by atoms with Gasteiger partial charge in [0.2, 0.25) is 0 Å². The molecule has 2 atom stereocenters. The number of benzene rings is 1. The van der Waals surface area contributed by atoms with Crippen LogP contribution < -0.4 is 10.6 Å². The van der Waals surface area contributed by atoms with Gasteiger partial charge < -0.3 is 20.8 Å². The van der Waals surface area contributed by atoms with E-state index in [0.717, 1.165) is 0 Å². The van der Waals surface area contributed by atoms with Crippen molar-refractivity contribution in [2.45, 2.75) is 25.6 Å². The smallest absolute Gasteiger partial charge is 0.328 e. The molecule has 0 heterocycles. The number of nitro groups is 1. The fraction of sp³-hybridized carbons (Fsp3) is 0.333. The Balaban J connectivity index is 2.65. The summed E-state index contributed by atoms with van der Waals surface area (Å²) >= 11 is 0. The number of nitrogens with one attached hydrogen (secondary N) is 2. The normalized spacial score (nSPS) is 13.0. The number of carbonyl (C=O) groups excluding carboxylic acids is 1. The molecule has 1 aromatic rings. The SMILES string of the molecule is CC(O)C(NC(=O)NCc1ccccc1[N+](=O)[O-])C(=O)O. The molecule has 9 heteroatoms. The molecule has 21 heavy (non-hydrogen) atoms. The summed E-state index contributed by atoms with van der Waals surface area (Å²) in [7, 11) is 0. The number of rotatable bonds is 6. The zero-order valence-corrected chi connectivity index (χ0v) is 11.1. The molecule has 0 spiro atoms. The molecule has 2 amide bonds. The van der Waals surface area contributed by atoms with Gasteiger partial charge in [0, 0.05) is 11.6 Å². The van der Waals surface area contributed by atoms with Crippen LogP contribution in [0.15, 0.2) is 24.3 Å². The molecule has 0 radical (unpaired) electrons. The Morgan fingerprint density at radius 1 is 1.38 bits per heavy atom. The number of aliphatic hydroxyl groups excluding tert-OH is 1. The predicted octanol–water partition coefficient (Wildman–Crippen LogP) is 0.228. The van der Waals surface area contributed by atoms with Crippen molar-refractivity contribution in [3.63, 3.8) is 0 Å². The molecule has 114 valence electrons. The number of hydrogen-bond acceptors (Lipinski definition) is 5. The van der Waals surface area contributed by atoms with E-state index in [0.29, 0.717) is 0 Å². The number of para-hydroxylation sites is 1. The van der Waals surface area contributed by atoms with Crippen LogP contribution in [-0.4, -0.2) is 39.3 Å². The van der Waals surface area contributed by atoms with Crippen molar-refractivity contribution in [1.82, 2.24) is 10.6 Å². The molecule has 0 aliphatic carbocycles. The van der Waals surface area contributed by atoms with Gasteiger partial charge in [0.1, 0.15) is 0 Å². The van der Waals surface area contributed by atoms with Gasteiger partial charge in [-0.25, -0.2) is 9.59 Å². The summed E-state index contributed by atoms with van der Waals surface area (Å²) in [5, 5.41) is 33.2. The molecule has 4 N–H and O–H groups in total. The van der Waals surface area contributed by atoms with Crippen LogP contribution in [0.25, 0.3) is 0 Å². The first-order chi connectivity index (χ1) is 9.82. The first-order valence-corrected chi connectivity index (χ1v) is 6.00. The Labute approximate surface area is 119 Å². The van der Waals surface area contributed by atoms with Crippen LogP contribution in [0.5, 0.6) is 0 Å². The van der Waals surface area contributed by atoms with Gasteiger partial charge in [-0.1, -0.05) is 18.2 Å². The first kappa shape index (κ1) is 16.4. The Bertz CT molecular complexity index is 546. The Morgan fingerprint density at radius 2 is 2.00 bits per heavy atom. The van der Waals surface area contributed by atoms with E-state index in [1.54, 1.807) is 6.07 Å². The number of aliphatic carboxylic acids is 1. The van der Waals surface area contributed by atoms with Crippen LogP contribution in [0.1, 0.15) is 12.5 Å². The van der Waals surface area contributed by atoms with Crippen molar-refractivity contribution in [3.05, 3.63) is 39.9 Å². The van der Waals surface area contributed by atoms with Crippen molar-refractivity contribution >= 4 is 17.7 Å². The number of hydrogen-bond donors (Lipinski definition) is 4. The highest BCUT2D eigenvalue weighted by Gasteiger charge is 2.25. The van der Waals surface area contributed by atoms with Crippen LogP contribution in [-0.2, 0) is 11.3 Å². The van der Waals surface area contributed by atoms with Gasteiger partial charge in [0.15, 0.2) is 6.04 Å². The summed E-state index contributed by atoms with van der Waals surface area (Å²) in [5.41, 5.74) is 0.129. The average molecular weight is 297 g/mol. The number of carboxylic acid groups (broad SMARTS) is 1. The zero-order valence-electron chi connectivity index (χ0n) is 11.1. The van der Waals surface area contributed by atoms with Crippen molar-refractivity contribution in [2.24, 2.45) is 0 Å². The molecule has 0 aliphatic heterocycles. The molecular weight excluding hydrogens is 282 g/mol. The van der Waals surface area contributed by atoms with Crippen LogP contribution in [0.3, 0.4) is 0 Å². The fourth-order valence-corrected chi connectivity index (χ4v) is 1.59. The topological polar surface area (TPSA) is 142 Å². The number of nitro benzene ring substituents is 1. The molecule has 1 aromatic carbocycles. The standard InChI is InChI=1S/C12H15N3O6/c1-7(16)10(11(17)18)14-12(19)13-6-8-4-2-3-5-9(8)15(20)21/h2-5,7,10,16H,6H2,1H3,(H,17,18)(H2,13,14,19). The van der Waals surface area contributed by atoms with E-state index in [9.17, 15) is 24.8 Å². The summed E-state index contributed by atoms with van der Waals surface area (Å²) in [4.78, 5) is 32.6. The highest BCUT2D eigenvalue weighted by Crippen LogP contribution is 2.16. The predicted molar refractivity (Wildman–Crippen MR) is 71.6 cm³/mol. The number of amides is 2. The largest absolute Gasteiger partial charge is 0.480 e. The van der Waals surface area contributed by atoms with Crippen molar-refractivity contribution in [2.75, 3.05) is 0 Å². The molecule has 0 saturated carbocycles. The Morgan fingerprint density at radius 3 is 2.52 bits per heavy atom. The maximum atomic E-state index is 11.6. The van der Waals surface area contributed by atoms with Gasteiger partial charge in [-0.2, -0.15) is 0 Å². The van der Waals surface area contributed by atoms with E-state index < -0.39 is 29.1 Å². The highest BCUT2D eigenvalue weighted by atomic mass is 16.6. The van der Waals surface area contributed by atoms with Crippen molar-refractivity contribution < 1.29 is 24.7 Å². The van der Waals surface area contributed by atoms with Gasteiger partial charge in [-0.05, 0) is 6.92 Å². The minimum absolute atomic E-state index is 0.144. The second-order valence-corrected chi connectivity index (χ2v) is 4.27. The molecule has 0 aliphatic rings. The molecule has 0 aromatic heterocycles. The Hall–Kier alpha value is -2.68. The lowest BCUT2D eigenvalue weighted by atomic mass is 10.2. The van der Waals surface area contributed by atoms with Gasteiger partial charge >= 0.3 is 12.0 Å². The summed E-state index contributed by atoms with van der Waals surface area (Å²) in [6.45, 7) is 1.08. The number of carbonyl (C=O) groups is 2. The number of urea groups is 1. The quantitative estimate of drug-likeness (QED) is 0.437. The van der Waals surface area contributed by atoms with E-state index in [4.69, 9.17) is 5.11 Å². The highest BCUT2D eigenvalue weighted by molar-refractivity contribution is 5.82. The van der Waals surface area contributed by atoms with Gasteiger partial charge in [-0.15, -0.1) is 0 Å². The first-order valence-electron chi connectivity index (χ1n) is 6.00. The molecule has 2 unspecified atom stereocenters. The lowest BCUT2D eigenvalue weighted by molar-refractivity contribution is -0.385. The Kier molecular flexibility index (Phi) is 5.61.